The molecule has 1 N–H and O–H groups in total. The SMILES string of the molecule is CCC[C@@H](C)CNc1cnn(CC)c1. The van der Waals surface area contributed by atoms with Crippen molar-refractivity contribution in [1.82, 2.24) is 9.78 Å². The minimum Gasteiger partial charge on any atom is -0.382 e. The number of rotatable bonds is 6. The zero-order valence-electron chi connectivity index (χ0n) is 9.45. The molecule has 0 unspecified atom stereocenters. The summed E-state index contributed by atoms with van der Waals surface area (Å²) in [5.41, 5.74) is 1.13. The summed E-state index contributed by atoms with van der Waals surface area (Å²) in [6, 6.07) is 0. The van der Waals surface area contributed by atoms with Crippen LogP contribution < -0.4 is 5.32 Å². The van der Waals surface area contributed by atoms with Crippen molar-refractivity contribution >= 4 is 5.69 Å². The van der Waals surface area contributed by atoms with Gasteiger partial charge in [-0.1, -0.05) is 20.3 Å². The molecular weight excluding hydrogens is 174 g/mol. The fourth-order valence-corrected chi connectivity index (χ4v) is 1.51. The second kappa shape index (κ2) is 5.68. The van der Waals surface area contributed by atoms with Crippen molar-refractivity contribution in [3.8, 4) is 0 Å². The van der Waals surface area contributed by atoms with Crippen LogP contribution in [-0.2, 0) is 6.54 Å². The normalized spacial score (nSPS) is 12.8. The van der Waals surface area contributed by atoms with Crippen LogP contribution in [0.5, 0.6) is 0 Å². The number of nitrogens with one attached hydrogen (secondary N) is 1. The van der Waals surface area contributed by atoms with Crippen LogP contribution in [0.15, 0.2) is 12.4 Å². The first-order valence-corrected chi connectivity index (χ1v) is 5.52. The number of aromatic nitrogens is 2. The van der Waals surface area contributed by atoms with Crippen molar-refractivity contribution < 1.29 is 0 Å². The van der Waals surface area contributed by atoms with Gasteiger partial charge >= 0.3 is 0 Å². The largest absolute Gasteiger partial charge is 0.382 e. The predicted molar refractivity (Wildman–Crippen MR) is 60.5 cm³/mol. The molecule has 0 saturated carbocycles. The zero-order valence-corrected chi connectivity index (χ0v) is 9.45. The molecule has 1 atom stereocenters. The maximum Gasteiger partial charge on any atom is 0.0726 e. The first-order valence-electron chi connectivity index (χ1n) is 5.52. The molecule has 0 saturated heterocycles. The number of hydrogen-bond donors (Lipinski definition) is 1. The summed E-state index contributed by atoms with van der Waals surface area (Å²) >= 11 is 0. The second-order valence-electron chi connectivity index (χ2n) is 3.86. The molecule has 0 bridgehead atoms. The lowest BCUT2D eigenvalue weighted by molar-refractivity contribution is 0.550. The molecule has 0 spiro atoms. The maximum absolute atomic E-state index is 4.21. The summed E-state index contributed by atoms with van der Waals surface area (Å²) in [4.78, 5) is 0. The molecule has 0 aliphatic heterocycles. The van der Waals surface area contributed by atoms with Crippen molar-refractivity contribution in [3.63, 3.8) is 0 Å². The molecule has 0 fully saturated rings. The van der Waals surface area contributed by atoms with Crippen molar-refractivity contribution in [1.29, 1.82) is 0 Å². The average molecular weight is 195 g/mol. The van der Waals surface area contributed by atoms with Gasteiger partial charge < -0.3 is 5.32 Å². The van der Waals surface area contributed by atoms with Gasteiger partial charge in [-0.2, -0.15) is 5.10 Å². The van der Waals surface area contributed by atoms with Crippen LogP contribution in [0.4, 0.5) is 5.69 Å². The molecule has 1 aromatic rings. The van der Waals surface area contributed by atoms with E-state index in [-0.39, 0.29) is 0 Å². The standard InChI is InChI=1S/C11H21N3/c1-4-6-10(3)7-12-11-8-13-14(5-2)9-11/h8-10,12H,4-7H2,1-3H3/t10-/m1/s1. The topological polar surface area (TPSA) is 29.9 Å². The van der Waals surface area contributed by atoms with Crippen molar-refractivity contribution in [3.05, 3.63) is 12.4 Å². The molecule has 3 nitrogen and oxygen atoms in total. The van der Waals surface area contributed by atoms with E-state index in [1.807, 2.05) is 10.9 Å². The molecule has 0 aromatic carbocycles. The molecule has 0 aliphatic carbocycles. The number of anilines is 1. The summed E-state index contributed by atoms with van der Waals surface area (Å²) in [5, 5.41) is 7.61. The fourth-order valence-electron chi connectivity index (χ4n) is 1.51. The van der Waals surface area contributed by atoms with Gasteiger partial charge in [0.15, 0.2) is 0 Å². The Morgan fingerprint density at radius 2 is 2.29 bits per heavy atom. The Bertz CT molecular complexity index is 255. The Labute approximate surface area is 86.5 Å². The summed E-state index contributed by atoms with van der Waals surface area (Å²) in [7, 11) is 0. The Hall–Kier alpha value is -0.990. The molecule has 80 valence electrons. The van der Waals surface area contributed by atoms with E-state index in [0.717, 1.165) is 24.7 Å². The van der Waals surface area contributed by atoms with Gasteiger partial charge in [-0.25, -0.2) is 0 Å². The quantitative estimate of drug-likeness (QED) is 0.756. The highest BCUT2D eigenvalue weighted by Gasteiger charge is 2.01. The van der Waals surface area contributed by atoms with Gasteiger partial charge in [-0.3, -0.25) is 4.68 Å². The van der Waals surface area contributed by atoms with Gasteiger partial charge in [-0.15, -0.1) is 0 Å². The molecule has 1 heterocycles. The van der Waals surface area contributed by atoms with Gasteiger partial charge in [0.25, 0.3) is 0 Å². The fraction of sp³-hybridized carbons (Fsp3) is 0.727. The number of hydrogen-bond acceptors (Lipinski definition) is 2. The third-order valence-corrected chi connectivity index (χ3v) is 2.39. The summed E-state index contributed by atoms with van der Waals surface area (Å²) in [6.07, 6.45) is 6.49. The van der Waals surface area contributed by atoms with Gasteiger partial charge in [0.2, 0.25) is 0 Å². The molecule has 3 heteroatoms. The molecule has 0 aliphatic rings. The van der Waals surface area contributed by atoms with Crippen LogP contribution in [0, 0.1) is 5.92 Å². The highest BCUT2D eigenvalue weighted by atomic mass is 15.3. The lowest BCUT2D eigenvalue weighted by atomic mass is 10.1. The predicted octanol–water partition coefficient (Wildman–Crippen LogP) is 2.75. The maximum atomic E-state index is 4.21. The van der Waals surface area contributed by atoms with E-state index in [0.29, 0.717) is 0 Å². The van der Waals surface area contributed by atoms with Crippen molar-refractivity contribution in [2.24, 2.45) is 5.92 Å². The zero-order chi connectivity index (χ0) is 10.4. The highest BCUT2D eigenvalue weighted by molar-refractivity contribution is 5.37. The molecule has 14 heavy (non-hydrogen) atoms. The average Bonchev–Trinajstić information content (AvgIpc) is 2.63. The third kappa shape index (κ3) is 3.40. The molecular formula is C11H21N3. The lowest BCUT2D eigenvalue weighted by Gasteiger charge is -2.10. The van der Waals surface area contributed by atoms with Crippen LogP contribution in [0.1, 0.15) is 33.6 Å². The van der Waals surface area contributed by atoms with Gasteiger partial charge in [-0.05, 0) is 19.3 Å². The second-order valence-corrected chi connectivity index (χ2v) is 3.86. The van der Waals surface area contributed by atoms with E-state index in [9.17, 15) is 0 Å². The summed E-state index contributed by atoms with van der Waals surface area (Å²) in [5.74, 6) is 0.741. The number of aryl methyl sites for hydroxylation is 1. The molecule has 0 amide bonds. The van der Waals surface area contributed by atoms with Gasteiger partial charge in [0, 0.05) is 19.3 Å². The number of nitrogens with zero attached hydrogens (tertiary/aromatic N) is 2. The van der Waals surface area contributed by atoms with Gasteiger partial charge in [0.1, 0.15) is 0 Å². The van der Waals surface area contributed by atoms with Crippen LogP contribution in [0.3, 0.4) is 0 Å². The van der Waals surface area contributed by atoms with E-state index in [1.54, 1.807) is 0 Å². The van der Waals surface area contributed by atoms with Crippen molar-refractivity contribution in [2.45, 2.75) is 40.2 Å². The summed E-state index contributed by atoms with van der Waals surface area (Å²) < 4.78 is 1.94. The molecule has 0 radical (unpaired) electrons. The third-order valence-electron chi connectivity index (χ3n) is 2.39. The smallest absolute Gasteiger partial charge is 0.0726 e. The first kappa shape index (κ1) is 11.1. The van der Waals surface area contributed by atoms with Crippen molar-refractivity contribution in [2.75, 3.05) is 11.9 Å². The molecule has 1 rings (SSSR count). The van der Waals surface area contributed by atoms with E-state index >= 15 is 0 Å². The van der Waals surface area contributed by atoms with E-state index < -0.39 is 0 Å². The molecule has 1 aromatic heterocycles. The Balaban J connectivity index is 2.30. The van der Waals surface area contributed by atoms with Crippen LogP contribution >= 0.6 is 0 Å². The minimum absolute atomic E-state index is 0.741. The van der Waals surface area contributed by atoms with Crippen LogP contribution in [0.2, 0.25) is 0 Å². The van der Waals surface area contributed by atoms with E-state index in [1.165, 1.54) is 12.8 Å². The van der Waals surface area contributed by atoms with Crippen LogP contribution in [-0.4, -0.2) is 16.3 Å². The monoisotopic (exact) mass is 195 g/mol. The Kier molecular flexibility index (Phi) is 4.50. The summed E-state index contributed by atoms with van der Waals surface area (Å²) in [6.45, 7) is 8.58. The minimum atomic E-state index is 0.741. The Morgan fingerprint density at radius 1 is 1.50 bits per heavy atom. The van der Waals surface area contributed by atoms with Crippen LogP contribution in [0.25, 0.3) is 0 Å². The van der Waals surface area contributed by atoms with E-state index in [4.69, 9.17) is 0 Å². The van der Waals surface area contributed by atoms with Gasteiger partial charge in [0.05, 0.1) is 11.9 Å². The lowest BCUT2D eigenvalue weighted by Crippen LogP contribution is -2.10. The highest BCUT2D eigenvalue weighted by Crippen LogP contribution is 2.09. The Morgan fingerprint density at radius 3 is 2.86 bits per heavy atom. The first-order chi connectivity index (χ1) is 6.76. The van der Waals surface area contributed by atoms with E-state index in [2.05, 4.69) is 37.4 Å².